The van der Waals surface area contributed by atoms with E-state index >= 15 is 0 Å². The molecule has 2 rings (SSSR count). The Kier molecular flexibility index (Phi) is 3.66. The summed E-state index contributed by atoms with van der Waals surface area (Å²) in [6, 6.07) is 10.1. The fourth-order valence-electron chi connectivity index (χ4n) is 1.59. The molecule has 19 heavy (non-hydrogen) atoms. The van der Waals surface area contributed by atoms with Gasteiger partial charge in [0.05, 0.1) is 0 Å². The van der Waals surface area contributed by atoms with Crippen molar-refractivity contribution >= 4 is 17.3 Å². The number of aryl methyl sites for hydroxylation is 1. The topological polar surface area (TPSA) is 58.5 Å². The average molecular weight is 258 g/mol. The Morgan fingerprint density at radius 3 is 2.47 bits per heavy atom. The minimum atomic E-state index is -0.378. The number of carbonyl (C=O) groups is 1. The predicted molar refractivity (Wildman–Crippen MR) is 71.0 cm³/mol. The molecule has 0 aliphatic carbocycles. The summed E-state index contributed by atoms with van der Waals surface area (Å²) >= 11 is 0. The van der Waals surface area contributed by atoms with Gasteiger partial charge in [-0.3, -0.25) is 4.79 Å². The lowest BCUT2D eigenvalue weighted by Crippen LogP contribution is -2.11. The summed E-state index contributed by atoms with van der Waals surface area (Å²) in [5.41, 5.74) is 1.73. The summed E-state index contributed by atoms with van der Waals surface area (Å²) in [7, 11) is 0. The Hall–Kier alpha value is -2.56. The van der Waals surface area contributed by atoms with Crippen LogP contribution in [-0.2, 0) is 0 Å². The van der Waals surface area contributed by atoms with Gasteiger partial charge in [0.15, 0.2) is 0 Å². The maximum atomic E-state index is 12.7. The molecule has 1 N–H and O–H groups in total. The molecule has 0 fully saturated rings. The van der Waals surface area contributed by atoms with E-state index < -0.39 is 0 Å². The van der Waals surface area contributed by atoms with Crippen LogP contribution in [0.4, 0.5) is 15.8 Å². The van der Waals surface area contributed by atoms with Crippen molar-refractivity contribution in [3.05, 3.63) is 64.3 Å². The van der Waals surface area contributed by atoms with Gasteiger partial charge in [-0.25, -0.2) is 4.39 Å². The predicted octanol–water partition coefficient (Wildman–Crippen LogP) is 3.78. The minimum absolute atomic E-state index is 0.228. The van der Waals surface area contributed by atoms with Gasteiger partial charge in [-0.2, -0.15) is 0 Å². The van der Waals surface area contributed by atoms with Crippen LogP contribution in [0.1, 0.15) is 15.9 Å². The van der Waals surface area contributed by atoms with Crippen molar-refractivity contribution in [2.75, 3.05) is 5.32 Å². The average Bonchev–Trinajstić information content (AvgIpc) is 2.42. The molecule has 4 nitrogen and oxygen atoms in total. The number of rotatable bonds is 3. The van der Waals surface area contributed by atoms with Gasteiger partial charge in [0.25, 0.3) is 5.91 Å². The second-order valence-corrected chi connectivity index (χ2v) is 4.05. The first-order chi connectivity index (χ1) is 9.10. The van der Waals surface area contributed by atoms with E-state index in [1.165, 1.54) is 30.3 Å². The number of amides is 1. The molecule has 0 saturated carbocycles. The van der Waals surface area contributed by atoms with Gasteiger partial charge in [-0.05, 0) is 54.1 Å². The van der Waals surface area contributed by atoms with E-state index in [4.69, 9.17) is 0 Å². The molecule has 2 aromatic rings. The van der Waals surface area contributed by atoms with E-state index in [0.29, 0.717) is 16.8 Å². The third-order valence-corrected chi connectivity index (χ3v) is 2.67. The van der Waals surface area contributed by atoms with Crippen LogP contribution in [0.15, 0.2) is 47.6 Å². The zero-order valence-corrected chi connectivity index (χ0v) is 10.2. The Balaban J connectivity index is 2.20. The highest BCUT2D eigenvalue weighted by Gasteiger charge is 2.09. The number of hydrogen-bond acceptors (Lipinski definition) is 3. The quantitative estimate of drug-likeness (QED) is 0.851. The number of nitrogens with zero attached hydrogens (tertiary/aromatic N) is 1. The van der Waals surface area contributed by atoms with Crippen LogP contribution in [0.3, 0.4) is 0 Å². The largest absolute Gasteiger partial charge is 0.322 e. The molecule has 0 unspecified atom stereocenters. The number of benzene rings is 2. The highest BCUT2D eigenvalue weighted by molar-refractivity contribution is 6.04. The standard InChI is InChI=1S/C14H11FN2O2/c1-9-2-3-10(8-13(9)17-19)14(18)16-12-6-4-11(15)5-7-12/h2-8H,1H3,(H,16,18). The van der Waals surface area contributed by atoms with Crippen molar-refractivity contribution < 1.29 is 9.18 Å². The number of halogens is 1. The van der Waals surface area contributed by atoms with Crippen LogP contribution >= 0.6 is 0 Å². The minimum Gasteiger partial charge on any atom is -0.322 e. The molecular weight excluding hydrogens is 247 g/mol. The number of hydrogen-bond donors (Lipinski definition) is 1. The van der Waals surface area contributed by atoms with E-state index in [0.717, 1.165) is 0 Å². The fraction of sp³-hybridized carbons (Fsp3) is 0.0714. The first-order valence-electron chi connectivity index (χ1n) is 5.61. The van der Waals surface area contributed by atoms with Gasteiger partial charge < -0.3 is 5.32 Å². The van der Waals surface area contributed by atoms with E-state index in [9.17, 15) is 14.1 Å². The van der Waals surface area contributed by atoms with Crippen molar-refractivity contribution in [1.82, 2.24) is 0 Å². The number of anilines is 1. The zero-order valence-electron chi connectivity index (χ0n) is 10.2. The van der Waals surface area contributed by atoms with Crippen molar-refractivity contribution in [3.63, 3.8) is 0 Å². The van der Waals surface area contributed by atoms with Gasteiger partial charge in [0.2, 0.25) is 0 Å². The van der Waals surface area contributed by atoms with Crippen LogP contribution in [-0.4, -0.2) is 5.91 Å². The molecule has 0 bridgehead atoms. The number of carbonyl (C=O) groups excluding carboxylic acids is 1. The van der Waals surface area contributed by atoms with Crippen molar-refractivity contribution in [2.45, 2.75) is 6.92 Å². The second kappa shape index (κ2) is 5.39. The maximum Gasteiger partial charge on any atom is 0.255 e. The van der Waals surface area contributed by atoms with Gasteiger partial charge in [-0.1, -0.05) is 6.07 Å². The van der Waals surface area contributed by atoms with Gasteiger partial charge in [0, 0.05) is 11.3 Å². The van der Waals surface area contributed by atoms with E-state index in [-0.39, 0.29) is 17.4 Å². The van der Waals surface area contributed by atoms with Crippen molar-refractivity contribution in [2.24, 2.45) is 5.18 Å². The first kappa shape index (κ1) is 12.9. The summed E-state index contributed by atoms with van der Waals surface area (Å²) in [6.07, 6.45) is 0. The Labute approximate surface area is 109 Å². The van der Waals surface area contributed by atoms with Crippen LogP contribution in [0.2, 0.25) is 0 Å². The molecule has 5 heteroatoms. The molecule has 0 atom stereocenters. The smallest absolute Gasteiger partial charge is 0.255 e. The lowest BCUT2D eigenvalue weighted by molar-refractivity contribution is 0.102. The lowest BCUT2D eigenvalue weighted by atomic mass is 10.1. The normalized spacial score (nSPS) is 10.0. The molecular formula is C14H11FN2O2. The van der Waals surface area contributed by atoms with Crippen molar-refractivity contribution in [1.29, 1.82) is 0 Å². The van der Waals surface area contributed by atoms with Crippen molar-refractivity contribution in [3.8, 4) is 0 Å². The Morgan fingerprint density at radius 2 is 1.84 bits per heavy atom. The van der Waals surface area contributed by atoms with E-state index in [2.05, 4.69) is 10.5 Å². The van der Waals surface area contributed by atoms with Gasteiger partial charge >= 0.3 is 0 Å². The molecule has 0 aliphatic heterocycles. The fourth-order valence-corrected chi connectivity index (χ4v) is 1.59. The Bertz CT molecular complexity index is 624. The highest BCUT2D eigenvalue weighted by atomic mass is 19.1. The lowest BCUT2D eigenvalue weighted by Gasteiger charge is -2.06. The number of nitroso groups, excluding NO2 is 1. The molecule has 0 aromatic heterocycles. The summed E-state index contributed by atoms with van der Waals surface area (Å²) < 4.78 is 12.7. The van der Waals surface area contributed by atoms with Crippen LogP contribution in [0, 0.1) is 17.6 Å². The van der Waals surface area contributed by atoms with Gasteiger partial charge in [0.1, 0.15) is 11.5 Å². The van der Waals surface area contributed by atoms with Crippen LogP contribution in [0.5, 0.6) is 0 Å². The second-order valence-electron chi connectivity index (χ2n) is 4.05. The van der Waals surface area contributed by atoms with Crippen LogP contribution in [0.25, 0.3) is 0 Å². The third-order valence-electron chi connectivity index (χ3n) is 2.67. The summed E-state index contributed by atoms with van der Waals surface area (Å²) in [5.74, 6) is -0.753. The third kappa shape index (κ3) is 3.01. The molecule has 0 saturated heterocycles. The molecule has 1 amide bonds. The Morgan fingerprint density at radius 1 is 1.16 bits per heavy atom. The summed E-state index contributed by atoms with van der Waals surface area (Å²) in [5, 5.41) is 5.46. The first-order valence-corrected chi connectivity index (χ1v) is 5.61. The van der Waals surface area contributed by atoms with Gasteiger partial charge in [-0.15, -0.1) is 4.91 Å². The summed E-state index contributed by atoms with van der Waals surface area (Å²) in [4.78, 5) is 22.5. The molecule has 96 valence electrons. The summed E-state index contributed by atoms with van der Waals surface area (Å²) in [6.45, 7) is 1.73. The molecule has 0 radical (unpaired) electrons. The number of nitrogens with one attached hydrogen (secondary N) is 1. The zero-order chi connectivity index (χ0) is 13.8. The molecule has 0 aliphatic rings. The molecule has 0 spiro atoms. The SMILES string of the molecule is Cc1ccc(C(=O)Nc2ccc(F)cc2)cc1N=O. The van der Waals surface area contributed by atoms with E-state index in [1.54, 1.807) is 19.1 Å². The molecule has 2 aromatic carbocycles. The molecule has 0 heterocycles. The maximum absolute atomic E-state index is 12.7. The monoisotopic (exact) mass is 258 g/mol. The highest BCUT2D eigenvalue weighted by Crippen LogP contribution is 2.20. The van der Waals surface area contributed by atoms with Crippen LogP contribution < -0.4 is 5.32 Å². The van der Waals surface area contributed by atoms with E-state index in [1.807, 2.05) is 0 Å².